The number of aromatic nitrogens is 2. The number of aromatic amines is 1. The van der Waals surface area contributed by atoms with Crippen molar-refractivity contribution in [3.05, 3.63) is 71.1 Å². The second kappa shape index (κ2) is 10.2. The Balaban J connectivity index is 1.59. The van der Waals surface area contributed by atoms with Crippen molar-refractivity contribution in [2.75, 3.05) is 30.5 Å². The fourth-order valence-corrected chi connectivity index (χ4v) is 3.93. The highest BCUT2D eigenvalue weighted by Crippen LogP contribution is 2.31. The molecule has 4 rings (SSSR count). The molecule has 188 valence electrons. The molecule has 0 amide bonds. The molecule has 36 heavy (non-hydrogen) atoms. The number of H-pyrrole nitrogens is 1. The third-order valence-electron chi connectivity index (χ3n) is 5.31. The zero-order valence-corrected chi connectivity index (χ0v) is 20.8. The summed E-state index contributed by atoms with van der Waals surface area (Å²) in [6.45, 7) is 3.56. The Hall–Kier alpha value is -4.12. The number of rotatable bonds is 9. The van der Waals surface area contributed by atoms with E-state index in [1.807, 2.05) is 6.07 Å². The van der Waals surface area contributed by atoms with Crippen LogP contribution in [0.25, 0.3) is 17.1 Å². The summed E-state index contributed by atoms with van der Waals surface area (Å²) in [6.07, 6.45) is 6.04. The predicted molar refractivity (Wildman–Crippen MR) is 134 cm³/mol. The molecule has 0 spiro atoms. The summed E-state index contributed by atoms with van der Waals surface area (Å²) in [5.41, 5.74) is 2.37. The van der Waals surface area contributed by atoms with Gasteiger partial charge in [-0.2, -0.15) is 0 Å². The van der Waals surface area contributed by atoms with Gasteiger partial charge in [0.1, 0.15) is 18.0 Å². The van der Waals surface area contributed by atoms with E-state index < -0.39 is 21.6 Å². The molecule has 10 nitrogen and oxygen atoms in total. The van der Waals surface area contributed by atoms with Crippen LogP contribution < -0.4 is 10.1 Å². The molecule has 0 aliphatic carbocycles. The molecule has 0 radical (unpaired) electrons. The largest absolute Gasteiger partial charge is 0.493 e. The zero-order valence-electron chi connectivity index (χ0n) is 20.0. The van der Waals surface area contributed by atoms with Gasteiger partial charge in [0.05, 0.1) is 12.4 Å². The van der Waals surface area contributed by atoms with Crippen LogP contribution in [-0.4, -0.2) is 55.4 Å². The number of anilines is 1. The molecule has 0 saturated carbocycles. The third kappa shape index (κ3) is 5.57. The van der Waals surface area contributed by atoms with E-state index in [0.29, 0.717) is 22.6 Å². The van der Waals surface area contributed by atoms with Gasteiger partial charge < -0.3 is 24.5 Å². The molecule has 0 saturated heterocycles. The molecule has 1 aliphatic rings. The molecule has 0 bridgehead atoms. The lowest BCUT2D eigenvalue weighted by Gasteiger charge is -2.13. The first-order valence-corrected chi connectivity index (χ1v) is 13.2. The Morgan fingerprint density at radius 3 is 2.81 bits per heavy atom. The second-order valence-corrected chi connectivity index (χ2v) is 10.3. The summed E-state index contributed by atoms with van der Waals surface area (Å²) in [4.78, 5) is 33.0. The first-order valence-electron chi connectivity index (χ1n) is 11.1. The first kappa shape index (κ1) is 25.0. The number of ketones is 1. The van der Waals surface area contributed by atoms with E-state index in [-0.39, 0.29) is 36.2 Å². The number of carbonyl (C=O) groups excluding carboxylic acids is 2. The van der Waals surface area contributed by atoms with Crippen LogP contribution in [0.5, 0.6) is 5.75 Å². The predicted octanol–water partition coefficient (Wildman–Crippen LogP) is 3.12. The van der Waals surface area contributed by atoms with Crippen LogP contribution in [0.4, 0.5) is 5.69 Å². The lowest BCUT2D eigenvalue weighted by molar-refractivity contribution is -0.139. The SMILES string of the molecule is CCOC(=O)C1=C(Nc2ccc(OCCS(C)(=O)=O)cc2C)O/C(=C\c2c[nH]c3ncccc23)C1=O. The number of allylic oxidation sites excluding steroid dienone is 1. The number of hydrogen-bond donors (Lipinski definition) is 2. The van der Waals surface area contributed by atoms with Gasteiger partial charge in [0.2, 0.25) is 11.7 Å². The average molecular weight is 512 g/mol. The number of carbonyl (C=O) groups is 2. The number of benzene rings is 1. The van der Waals surface area contributed by atoms with Gasteiger partial charge in [-0.3, -0.25) is 4.79 Å². The lowest BCUT2D eigenvalue weighted by Crippen LogP contribution is -2.16. The number of aryl methyl sites for hydroxylation is 1. The molecule has 2 aromatic heterocycles. The second-order valence-electron chi connectivity index (χ2n) is 8.09. The maximum Gasteiger partial charge on any atom is 0.347 e. The van der Waals surface area contributed by atoms with Crippen molar-refractivity contribution in [2.24, 2.45) is 0 Å². The van der Waals surface area contributed by atoms with E-state index >= 15 is 0 Å². The summed E-state index contributed by atoms with van der Waals surface area (Å²) in [6, 6.07) is 8.67. The number of ether oxygens (including phenoxy) is 3. The van der Waals surface area contributed by atoms with Crippen LogP contribution in [0.15, 0.2) is 59.9 Å². The highest BCUT2D eigenvalue weighted by molar-refractivity contribution is 7.90. The molecule has 2 N–H and O–H groups in total. The number of pyridine rings is 1. The van der Waals surface area contributed by atoms with Crippen molar-refractivity contribution < 1.29 is 32.2 Å². The quantitative estimate of drug-likeness (QED) is 0.252. The average Bonchev–Trinajstić information content (AvgIpc) is 3.36. The minimum Gasteiger partial charge on any atom is -0.493 e. The summed E-state index contributed by atoms with van der Waals surface area (Å²) in [5.74, 6) is -1.10. The molecular weight excluding hydrogens is 486 g/mol. The summed E-state index contributed by atoms with van der Waals surface area (Å²) >= 11 is 0. The number of hydrogen-bond acceptors (Lipinski definition) is 9. The standard InChI is InChI=1S/C25H25N3O7S/c1-4-33-25(30)21-22(29)20(13-16-14-27-23-18(16)6-5-9-26-23)35-24(21)28-19-8-7-17(12-15(19)2)34-10-11-36(3,31)32/h5-9,12-14,28H,4,10-11H2,1-3H3,(H,26,27)/b20-13-. The van der Waals surface area contributed by atoms with Crippen molar-refractivity contribution in [3.63, 3.8) is 0 Å². The normalized spacial score (nSPS) is 14.9. The van der Waals surface area contributed by atoms with Crippen LogP contribution in [-0.2, 0) is 28.9 Å². The van der Waals surface area contributed by atoms with Crippen molar-refractivity contribution in [3.8, 4) is 5.75 Å². The highest BCUT2D eigenvalue weighted by atomic mass is 32.2. The number of fused-ring (bicyclic) bond motifs is 1. The van der Waals surface area contributed by atoms with Gasteiger partial charge in [-0.15, -0.1) is 0 Å². The van der Waals surface area contributed by atoms with E-state index in [1.165, 1.54) is 0 Å². The van der Waals surface area contributed by atoms with E-state index in [2.05, 4.69) is 15.3 Å². The highest BCUT2D eigenvalue weighted by Gasteiger charge is 2.37. The van der Waals surface area contributed by atoms with Crippen molar-refractivity contribution in [1.29, 1.82) is 0 Å². The fourth-order valence-electron chi connectivity index (χ4n) is 3.54. The van der Waals surface area contributed by atoms with Crippen LogP contribution in [0, 0.1) is 6.92 Å². The van der Waals surface area contributed by atoms with Crippen LogP contribution >= 0.6 is 0 Å². The summed E-state index contributed by atoms with van der Waals surface area (Å²) < 4.78 is 39.0. The number of nitrogens with one attached hydrogen (secondary N) is 2. The molecule has 0 unspecified atom stereocenters. The van der Waals surface area contributed by atoms with Gasteiger partial charge in [0, 0.05) is 35.3 Å². The van der Waals surface area contributed by atoms with Crippen molar-refractivity contribution in [2.45, 2.75) is 13.8 Å². The van der Waals surface area contributed by atoms with Gasteiger partial charge >= 0.3 is 5.97 Å². The molecule has 0 fully saturated rings. The zero-order chi connectivity index (χ0) is 25.9. The smallest absolute Gasteiger partial charge is 0.347 e. The Kier molecular flexibility index (Phi) is 7.11. The fraction of sp³-hybridized carbons (Fsp3) is 0.240. The summed E-state index contributed by atoms with van der Waals surface area (Å²) in [5, 5.41) is 3.80. The van der Waals surface area contributed by atoms with Gasteiger partial charge in [-0.1, -0.05) is 0 Å². The maximum atomic E-state index is 13.1. The maximum absolute atomic E-state index is 13.1. The van der Waals surface area contributed by atoms with Crippen LogP contribution in [0.3, 0.4) is 0 Å². The Morgan fingerprint density at radius 1 is 1.28 bits per heavy atom. The van der Waals surface area contributed by atoms with E-state index in [1.54, 1.807) is 56.6 Å². The molecule has 3 heterocycles. The first-order chi connectivity index (χ1) is 17.2. The third-order valence-corrected chi connectivity index (χ3v) is 6.22. The Morgan fingerprint density at radius 2 is 2.08 bits per heavy atom. The van der Waals surface area contributed by atoms with Gasteiger partial charge in [-0.05, 0) is 55.8 Å². The molecule has 0 atom stereocenters. The molecular formula is C25H25N3O7S. The van der Waals surface area contributed by atoms with Crippen LogP contribution in [0.1, 0.15) is 18.1 Å². The molecule has 3 aromatic rings. The minimum atomic E-state index is -3.14. The molecule has 1 aliphatic heterocycles. The van der Waals surface area contributed by atoms with E-state index in [4.69, 9.17) is 14.2 Å². The minimum absolute atomic E-state index is 0.0261. The Bertz CT molecular complexity index is 1500. The number of nitrogens with zero attached hydrogens (tertiary/aromatic N) is 1. The number of esters is 1. The number of sulfone groups is 1. The lowest BCUT2D eigenvalue weighted by atomic mass is 10.1. The number of Topliss-reactive ketones (excluding diaryl/α,β-unsaturated/α-hetero) is 1. The van der Waals surface area contributed by atoms with E-state index in [9.17, 15) is 18.0 Å². The van der Waals surface area contributed by atoms with Gasteiger partial charge in [0.15, 0.2) is 21.2 Å². The van der Waals surface area contributed by atoms with Gasteiger partial charge in [-0.25, -0.2) is 18.2 Å². The monoisotopic (exact) mass is 511 g/mol. The van der Waals surface area contributed by atoms with Crippen molar-refractivity contribution in [1.82, 2.24) is 9.97 Å². The topological polar surface area (TPSA) is 137 Å². The van der Waals surface area contributed by atoms with Gasteiger partial charge in [0.25, 0.3) is 0 Å². The molecule has 1 aromatic carbocycles. The van der Waals surface area contributed by atoms with E-state index in [0.717, 1.165) is 17.2 Å². The Labute approximate surface area is 207 Å². The van der Waals surface area contributed by atoms with Crippen LogP contribution in [0.2, 0.25) is 0 Å². The summed E-state index contributed by atoms with van der Waals surface area (Å²) in [7, 11) is -3.14. The van der Waals surface area contributed by atoms with Crippen molar-refractivity contribution >= 4 is 44.4 Å². The molecule has 11 heteroatoms.